The zero-order chi connectivity index (χ0) is 15.5. The number of carbonyl (C=O) groups is 2. The molecule has 2 unspecified atom stereocenters. The highest BCUT2D eigenvalue weighted by molar-refractivity contribution is 5.74. The maximum absolute atomic E-state index is 11.6. The third-order valence-electron chi connectivity index (χ3n) is 3.68. The SMILES string of the molecule is COCCOCCCNC(=O)NCC1CCCC1C(=O)O. The molecule has 21 heavy (non-hydrogen) atoms. The molecule has 7 heteroatoms. The van der Waals surface area contributed by atoms with Crippen LogP contribution < -0.4 is 10.6 Å². The first-order valence-electron chi connectivity index (χ1n) is 7.46. The Morgan fingerprint density at radius 2 is 2.00 bits per heavy atom. The van der Waals surface area contributed by atoms with Crippen molar-refractivity contribution in [2.75, 3.05) is 40.0 Å². The molecule has 0 aromatic rings. The lowest BCUT2D eigenvalue weighted by molar-refractivity contribution is -0.142. The zero-order valence-electron chi connectivity index (χ0n) is 12.6. The van der Waals surface area contributed by atoms with Gasteiger partial charge in [0, 0.05) is 26.8 Å². The average Bonchev–Trinajstić information content (AvgIpc) is 2.93. The van der Waals surface area contributed by atoms with Gasteiger partial charge in [-0.25, -0.2) is 4.79 Å². The van der Waals surface area contributed by atoms with E-state index in [1.807, 2.05) is 0 Å². The fraction of sp³-hybridized carbons (Fsp3) is 0.857. The van der Waals surface area contributed by atoms with Crippen LogP contribution in [0, 0.1) is 11.8 Å². The van der Waals surface area contributed by atoms with Crippen molar-refractivity contribution >= 4 is 12.0 Å². The van der Waals surface area contributed by atoms with E-state index >= 15 is 0 Å². The van der Waals surface area contributed by atoms with E-state index in [0.29, 0.717) is 39.3 Å². The van der Waals surface area contributed by atoms with Crippen LogP contribution >= 0.6 is 0 Å². The van der Waals surface area contributed by atoms with Crippen LogP contribution in [0.15, 0.2) is 0 Å². The van der Waals surface area contributed by atoms with Gasteiger partial charge in [-0.2, -0.15) is 0 Å². The van der Waals surface area contributed by atoms with Crippen molar-refractivity contribution in [3.63, 3.8) is 0 Å². The number of aliphatic carboxylic acids is 1. The van der Waals surface area contributed by atoms with Gasteiger partial charge in [0.15, 0.2) is 0 Å². The van der Waals surface area contributed by atoms with Crippen LogP contribution in [0.5, 0.6) is 0 Å². The number of nitrogens with one attached hydrogen (secondary N) is 2. The summed E-state index contributed by atoms with van der Waals surface area (Å²) in [5.41, 5.74) is 0. The Morgan fingerprint density at radius 3 is 2.71 bits per heavy atom. The van der Waals surface area contributed by atoms with E-state index in [2.05, 4.69) is 10.6 Å². The van der Waals surface area contributed by atoms with Gasteiger partial charge in [0.25, 0.3) is 0 Å². The monoisotopic (exact) mass is 302 g/mol. The number of carbonyl (C=O) groups excluding carboxylic acids is 1. The maximum atomic E-state index is 11.6. The average molecular weight is 302 g/mol. The minimum atomic E-state index is -0.757. The third kappa shape index (κ3) is 7.29. The lowest BCUT2D eigenvalue weighted by Gasteiger charge is -2.16. The Bertz CT molecular complexity index is 324. The lowest BCUT2D eigenvalue weighted by atomic mass is 9.96. The summed E-state index contributed by atoms with van der Waals surface area (Å²) in [7, 11) is 1.62. The molecule has 0 heterocycles. The minimum Gasteiger partial charge on any atom is -0.481 e. The van der Waals surface area contributed by atoms with Crippen LogP contribution in [0.2, 0.25) is 0 Å². The molecule has 0 spiro atoms. The number of carboxylic acid groups (broad SMARTS) is 1. The van der Waals surface area contributed by atoms with Crippen molar-refractivity contribution in [3.05, 3.63) is 0 Å². The molecule has 1 aliphatic carbocycles. The second-order valence-corrected chi connectivity index (χ2v) is 5.23. The molecule has 0 aromatic heterocycles. The van der Waals surface area contributed by atoms with Crippen molar-refractivity contribution in [1.82, 2.24) is 10.6 Å². The van der Waals surface area contributed by atoms with Gasteiger partial charge < -0.3 is 25.2 Å². The Hall–Kier alpha value is -1.34. The van der Waals surface area contributed by atoms with Gasteiger partial charge in [-0.05, 0) is 25.2 Å². The topological polar surface area (TPSA) is 96.9 Å². The highest BCUT2D eigenvalue weighted by atomic mass is 16.5. The molecule has 1 rings (SSSR count). The molecule has 2 atom stereocenters. The fourth-order valence-electron chi connectivity index (χ4n) is 2.51. The Morgan fingerprint density at radius 1 is 1.19 bits per heavy atom. The summed E-state index contributed by atoms with van der Waals surface area (Å²) in [4.78, 5) is 22.6. The standard InChI is InChI=1S/C14H26N2O5/c1-20-8-9-21-7-3-6-15-14(19)16-10-11-4-2-5-12(11)13(17)18/h11-12H,2-10H2,1H3,(H,17,18)(H2,15,16,19). The highest BCUT2D eigenvalue weighted by Crippen LogP contribution is 2.31. The summed E-state index contributed by atoms with van der Waals surface area (Å²) in [5, 5.41) is 14.5. The van der Waals surface area contributed by atoms with Crippen molar-refractivity contribution in [2.45, 2.75) is 25.7 Å². The van der Waals surface area contributed by atoms with Crippen molar-refractivity contribution in [1.29, 1.82) is 0 Å². The molecule has 7 nitrogen and oxygen atoms in total. The molecule has 0 saturated heterocycles. The van der Waals surface area contributed by atoms with Gasteiger partial charge in [-0.1, -0.05) is 6.42 Å². The Labute approximate surface area is 125 Å². The van der Waals surface area contributed by atoms with E-state index in [9.17, 15) is 9.59 Å². The summed E-state index contributed by atoms with van der Waals surface area (Å²) in [6.07, 6.45) is 3.23. The number of urea groups is 1. The van der Waals surface area contributed by atoms with Crippen LogP contribution in [0.25, 0.3) is 0 Å². The van der Waals surface area contributed by atoms with Crippen LogP contribution in [0.3, 0.4) is 0 Å². The number of ether oxygens (including phenoxy) is 2. The quantitative estimate of drug-likeness (QED) is 0.520. The lowest BCUT2D eigenvalue weighted by Crippen LogP contribution is -2.40. The second kappa shape index (κ2) is 10.4. The molecular weight excluding hydrogens is 276 g/mol. The van der Waals surface area contributed by atoms with Crippen LogP contribution in [0.1, 0.15) is 25.7 Å². The van der Waals surface area contributed by atoms with Gasteiger partial charge in [0.1, 0.15) is 0 Å². The molecule has 0 bridgehead atoms. The van der Waals surface area contributed by atoms with Crippen molar-refractivity contribution in [3.8, 4) is 0 Å². The Kier molecular flexibility index (Phi) is 8.77. The normalized spacial score (nSPS) is 21.2. The number of hydrogen-bond acceptors (Lipinski definition) is 4. The fourth-order valence-corrected chi connectivity index (χ4v) is 2.51. The molecule has 0 aromatic carbocycles. The number of hydrogen-bond donors (Lipinski definition) is 3. The first kappa shape index (κ1) is 17.7. The molecule has 1 fully saturated rings. The largest absolute Gasteiger partial charge is 0.481 e. The first-order chi connectivity index (χ1) is 10.1. The first-order valence-corrected chi connectivity index (χ1v) is 7.46. The number of rotatable bonds is 10. The summed E-state index contributed by atoms with van der Waals surface area (Å²) in [5.74, 6) is -1.03. The second-order valence-electron chi connectivity index (χ2n) is 5.23. The highest BCUT2D eigenvalue weighted by Gasteiger charge is 2.32. The smallest absolute Gasteiger partial charge is 0.314 e. The predicted octanol–water partition coefficient (Wildman–Crippen LogP) is 0.840. The maximum Gasteiger partial charge on any atom is 0.314 e. The van der Waals surface area contributed by atoms with Crippen molar-refractivity contribution in [2.24, 2.45) is 11.8 Å². The Balaban J connectivity index is 2.02. The van der Waals surface area contributed by atoms with E-state index in [0.717, 1.165) is 19.3 Å². The summed E-state index contributed by atoms with van der Waals surface area (Å²) in [6, 6.07) is -0.247. The minimum absolute atomic E-state index is 0.0469. The predicted molar refractivity (Wildman–Crippen MR) is 77.2 cm³/mol. The van der Waals surface area contributed by atoms with E-state index in [1.54, 1.807) is 7.11 Å². The molecule has 0 aliphatic heterocycles. The number of amides is 2. The van der Waals surface area contributed by atoms with E-state index < -0.39 is 5.97 Å². The van der Waals surface area contributed by atoms with E-state index in [1.165, 1.54) is 0 Å². The summed E-state index contributed by atoms with van der Waals surface area (Å²) in [6.45, 7) is 2.66. The molecule has 1 saturated carbocycles. The van der Waals surface area contributed by atoms with Crippen molar-refractivity contribution < 1.29 is 24.2 Å². The van der Waals surface area contributed by atoms with E-state index in [-0.39, 0.29) is 17.9 Å². The molecule has 1 aliphatic rings. The summed E-state index contributed by atoms with van der Waals surface area (Å²) < 4.78 is 10.1. The van der Waals surface area contributed by atoms with E-state index in [4.69, 9.17) is 14.6 Å². The van der Waals surface area contributed by atoms with Gasteiger partial charge in [0.2, 0.25) is 0 Å². The zero-order valence-corrected chi connectivity index (χ0v) is 12.6. The molecular formula is C14H26N2O5. The van der Waals surface area contributed by atoms with Gasteiger partial charge in [0.05, 0.1) is 19.1 Å². The van der Waals surface area contributed by atoms with Gasteiger partial charge in [-0.3, -0.25) is 4.79 Å². The van der Waals surface area contributed by atoms with Crippen LogP contribution in [0.4, 0.5) is 4.79 Å². The molecule has 3 N–H and O–H groups in total. The van der Waals surface area contributed by atoms with Gasteiger partial charge >= 0.3 is 12.0 Å². The third-order valence-corrected chi connectivity index (χ3v) is 3.68. The number of methoxy groups -OCH3 is 1. The molecule has 122 valence electrons. The van der Waals surface area contributed by atoms with Gasteiger partial charge in [-0.15, -0.1) is 0 Å². The molecule has 0 radical (unpaired) electrons. The summed E-state index contributed by atoms with van der Waals surface area (Å²) >= 11 is 0. The molecule has 2 amide bonds. The van der Waals surface area contributed by atoms with Crippen LogP contribution in [-0.4, -0.2) is 57.1 Å². The van der Waals surface area contributed by atoms with Crippen LogP contribution in [-0.2, 0) is 14.3 Å². The number of carboxylic acids is 1.